The van der Waals surface area contributed by atoms with Crippen molar-refractivity contribution in [2.24, 2.45) is 0 Å². The fourth-order valence-electron chi connectivity index (χ4n) is 3.06. The van der Waals surface area contributed by atoms with E-state index in [4.69, 9.17) is 16.3 Å². The molecule has 1 unspecified atom stereocenters. The van der Waals surface area contributed by atoms with E-state index in [0.717, 1.165) is 16.9 Å². The number of carbonyl (C=O) groups excluding carboxylic acids is 2. The molecule has 0 fully saturated rings. The Labute approximate surface area is 188 Å². The average molecular weight is 449 g/mol. The van der Waals surface area contributed by atoms with Crippen LogP contribution in [-0.4, -0.2) is 42.2 Å². The molecule has 0 radical (unpaired) electrons. The Balaban J connectivity index is 2.10. The number of hydrogen-bond acceptors (Lipinski definition) is 4. The van der Waals surface area contributed by atoms with E-state index in [9.17, 15) is 9.59 Å². The number of methoxy groups -OCH3 is 1. The summed E-state index contributed by atoms with van der Waals surface area (Å²) in [6.07, 6.45) is 0.551. The van der Waals surface area contributed by atoms with Crippen LogP contribution in [0.5, 0.6) is 5.75 Å². The molecule has 0 aliphatic heterocycles. The zero-order valence-corrected chi connectivity index (χ0v) is 19.3. The summed E-state index contributed by atoms with van der Waals surface area (Å²) in [6, 6.07) is 14.7. The van der Waals surface area contributed by atoms with Crippen molar-refractivity contribution >= 4 is 35.2 Å². The minimum atomic E-state index is -0.504. The van der Waals surface area contributed by atoms with Gasteiger partial charge >= 0.3 is 0 Å². The van der Waals surface area contributed by atoms with Crippen molar-refractivity contribution in [1.82, 2.24) is 10.2 Å². The zero-order valence-electron chi connectivity index (χ0n) is 17.7. The molecule has 0 saturated heterocycles. The molecule has 7 heteroatoms. The number of amides is 2. The lowest BCUT2D eigenvalue weighted by atomic mass is 10.1. The van der Waals surface area contributed by atoms with Crippen molar-refractivity contribution < 1.29 is 14.3 Å². The van der Waals surface area contributed by atoms with Crippen molar-refractivity contribution in [1.29, 1.82) is 0 Å². The minimum absolute atomic E-state index is 0.0529. The second-order valence-electron chi connectivity index (χ2n) is 6.81. The van der Waals surface area contributed by atoms with Gasteiger partial charge in [0, 0.05) is 23.9 Å². The van der Waals surface area contributed by atoms with Gasteiger partial charge in [-0.2, -0.15) is 0 Å². The van der Waals surface area contributed by atoms with E-state index in [1.165, 1.54) is 11.8 Å². The summed E-state index contributed by atoms with van der Waals surface area (Å²) >= 11 is 7.46. The number of benzene rings is 2. The quantitative estimate of drug-likeness (QED) is 0.548. The number of carbonyl (C=O) groups is 2. The highest BCUT2D eigenvalue weighted by Gasteiger charge is 2.28. The Kier molecular flexibility index (Phi) is 10.0. The van der Waals surface area contributed by atoms with Gasteiger partial charge in [0.15, 0.2) is 0 Å². The molecule has 0 saturated carbocycles. The first kappa shape index (κ1) is 24.1. The summed E-state index contributed by atoms with van der Waals surface area (Å²) in [6.45, 7) is 4.71. The summed E-state index contributed by atoms with van der Waals surface area (Å²) in [5.74, 6) is 1.59. The minimum Gasteiger partial charge on any atom is -0.497 e. The molecule has 30 heavy (non-hydrogen) atoms. The fraction of sp³-hybridized carbons (Fsp3) is 0.391. The number of hydrogen-bond donors (Lipinski definition) is 1. The molecule has 162 valence electrons. The van der Waals surface area contributed by atoms with Crippen molar-refractivity contribution in [3.05, 3.63) is 64.7 Å². The number of nitrogens with one attached hydrogen (secondary N) is 1. The standard InChI is InChI=1S/C23H29ClN2O3S/c1-4-21(23(28)25-5-2)26(14-17-8-12-20(29-3)13-9-17)22(27)16-30-15-18-6-10-19(24)11-7-18/h6-13,21H,4-5,14-16H2,1-3H3,(H,25,28). The molecule has 2 aromatic carbocycles. The molecule has 1 atom stereocenters. The van der Waals surface area contributed by atoms with Crippen LogP contribution in [0.2, 0.25) is 5.02 Å². The third-order valence-electron chi connectivity index (χ3n) is 4.66. The summed E-state index contributed by atoms with van der Waals surface area (Å²) in [5, 5.41) is 3.54. The lowest BCUT2D eigenvalue weighted by Crippen LogP contribution is -2.49. The molecular weight excluding hydrogens is 420 g/mol. The van der Waals surface area contributed by atoms with E-state index in [-0.39, 0.29) is 11.8 Å². The number of ether oxygens (including phenoxy) is 1. The molecule has 5 nitrogen and oxygen atoms in total. The monoisotopic (exact) mass is 448 g/mol. The van der Waals surface area contributed by atoms with Crippen molar-refractivity contribution in [2.75, 3.05) is 19.4 Å². The summed E-state index contributed by atoms with van der Waals surface area (Å²) in [4.78, 5) is 27.4. The van der Waals surface area contributed by atoms with Gasteiger partial charge in [0.05, 0.1) is 12.9 Å². The second-order valence-corrected chi connectivity index (χ2v) is 8.23. The van der Waals surface area contributed by atoms with Crippen LogP contribution in [0.25, 0.3) is 0 Å². The van der Waals surface area contributed by atoms with Crippen LogP contribution in [-0.2, 0) is 21.9 Å². The smallest absolute Gasteiger partial charge is 0.242 e. The van der Waals surface area contributed by atoms with Crippen LogP contribution >= 0.6 is 23.4 Å². The molecule has 2 amide bonds. The van der Waals surface area contributed by atoms with Gasteiger partial charge in [-0.1, -0.05) is 42.8 Å². The Morgan fingerprint density at radius 1 is 1.07 bits per heavy atom. The number of rotatable bonds is 11. The highest BCUT2D eigenvalue weighted by atomic mass is 35.5. The average Bonchev–Trinajstić information content (AvgIpc) is 2.75. The first-order valence-electron chi connectivity index (χ1n) is 10.0. The number of thioether (sulfide) groups is 1. The molecule has 0 spiro atoms. The summed E-state index contributed by atoms with van der Waals surface area (Å²) in [5.41, 5.74) is 2.06. The molecule has 1 N–H and O–H groups in total. The van der Waals surface area contributed by atoms with Gasteiger partial charge in [0.2, 0.25) is 11.8 Å². The molecular formula is C23H29ClN2O3S. The normalized spacial score (nSPS) is 11.6. The van der Waals surface area contributed by atoms with Gasteiger partial charge < -0.3 is 15.0 Å². The van der Waals surface area contributed by atoms with Crippen LogP contribution in [0.3, 0.4) is 0 Å². The Bertz CT molecular complexity index is 812. The van der Waals surface area contributed by atoms with Crippen LogP contribution in [0.15, 0.2) is 48.5 Å². The maximum Gasteiger partial charge on any atom is 0.242 e. The summed E-state index contributed by atoms with van der Waals surface area (Å²) in [7, 11) is 1.62. The molecule has 2 rings (SSSR count). The maximum absolute atomic E-state index is 13.1. The lowest BCUT2D eigenvalue weighted by molar-refractivity contribution is -0.139. The van der Waals surface area contributed by atoms with E-state index in [2.05, 4.69) is 5.32 Å². The number of nitrogens with zero attached hydrogens (tertiary/aromatic N) is 1. The third kappa shape index (κ3) is 7.26. The van der Waals surface area contributed by atoms with Crippen LogP contribution in [0, 0.1) is 0 Å². The van der Waals surface area contributed by atoms with Gasteiger partial charge in [0.1, 0.15) is 11.8 Å². The lowest BCUT2D eigenvalue weighted by Gasteiger charge is -2.30. The number of likely N-dealkylation sites (N-methyl/N-ethyl adjacent to an activating group) is 1. The second kappa shape index (κ2) is 12.5. The zero-order chi connectivity index (χ0) is 21.9. The van der Waals surface area contributed by atoms with Crippen LogP contribution in [0.1, 0.15) is 31.4 Å². The van der Waals surface area contributed by atoms with Crippen molar-refractivity contribution in [3.63, 3.8) is 0 Å². The molecule has 0 aromatic heterocycles. The Morgan fingerprint density at radius 2 is 1.70 bits per heavy atom. The summed E-state index contributed by atoms with van der Waals surface area (Å²) < 4.78 is 5.21. The predicted molar refractivity (Wildman–Crippen MR) is 124 cm³/mol. The molecule has 0 bridgehead atoms. The van der Waals surface area contributed by atoms with E-state index < -0.39 is 6.04 Å². The SMILES string of the molecule is CCNC(=O)C(CC)N(Cc1ccc(OC)cc1)C(=O)CSCc1ccc(Cl)cc1. The van der Waals surface area contributed by atoms with Crippen LogP contribution in [0.4, 0.5) is 0 Å². The van der Waals surface area contributed by atoms with Gasteiger partial charge in [0.25, 0.3) is 0 Å². The van der Waals surface area contributed by atoms with Crippen molar-refractivity contribution in [2.45, 2.75) is 38.6 Å². The van der Waals surface area contributed by atoms with E-state index in [1.54, 1.807) is 12.0 Å². The number of halogens is 1. The molecule has 0 heterocycles. The highest BCUT2D eigenvalue weighted by molar-refractivity contribution is 7.99. The van der Waals surface area contributed by atoms with Crippen molar-refractivity contribution in [3.8, 4) is 5.75 Å². The molecule has 0 aliphatic carbocycles. The van der Waals surface area contributed by atoms with E-state index in [1.807, 2.05) is 62.4 Å². The molecule has 0 aliphatic rings. The van der Waals surface area contributed by atoms with Crippen LogP contribution < -0.4 is 10.1 Å². The van der Waals surface area contributed by atoms with E-state index >= 15 is 0 Å². The van der Waals surface area contributed by atoms with Gasteiger partial charge in [-0.05, 0) is 48.7 Å². The highest BCUT2D eigenvalue weighted by Crippen LogP contribution is 2.19. The van der Waals surface area contributed by atoms with Gasteiger partial charge in [-0.3, -0.25) is 9.59 Å². The van der Waals surface area contributed by atoms with Gasteiger partial charge in [-0.25, -0.2) is 0 Å². The van der Waals surface area contributed by atoms with E-state index in [0.29, 0.717) is 36.0 Å². The largest absolute Gasteiger partial charge is 0.497 e. The molecule has 2 aromatic rings. The third-order valence-corrected chi connectivity index (χ3v) is 5.90. The first-order chi connectivity index (χ1) is 14.5. The van der Waals surface area contributed by atoms with Gasteiger partial charge in [-0.15, -0.1) is 11.8 Å². The Morgan fingerprint density at radius 3 is 2.27 bits per heavy atom. The first-order valence-corrected chi connectivity index (χ1v) is 11.5. The fourth-order valence-corrected chi connectivity index (χ4v) is 4.06. The topological polar surface area (TPSA) is 58.6 Å². The maximum atomic E-state index is 13.1. The predicted octanol–water partition coefficient (Wildman–Crippen LogP) is 4.53. The Hall–Kier alpha value is -2.18.